The molecule has 134 valence electrons. The van der Waals surface area contributed by atoms with Crippen molar-refractivity contribution in [1.29, 1.82) is 0 Å². The molecule has 0 bridgehead atoms. The van der Waals surface area contributed by atoms with Crippen molar-refractivity contribution >= 4 is 17.5 Å². The summed E-state index contributed by atoms with van der Waals surface area (Å²) in [7, 11) is 1.60. The second kappa shape index (κ2) is 8.05. The summed E-state index contributed by atoms with van der Waals surface area (Å²) in [5.74, 6) is 2.49. The zero-order valence-corrected chi connectivity index (χ0v) is 15.5. The van der Waals surface area contributed by atoms with Crippen LogP contribution in [0.2, 0.25) is 0 Å². The number of hydrogen-bond acceptors (Lipinski definition) is 6. The molecule has 0 radical (unpaired) electrons. The summed E-state index contributed by atoms with van der Waals surface area (Å²) in [4.78, 5) is 12.4. The fraction of sp³-hybridized carbons (Fsp3) is 0.211. The Morgan fingerprint density at radius 1 is 1.31 bits per heavy atom. The smallest absolute Gasteiger partial charge is 0.192 e. The van der Waals surface area contributed by atoms with Crippen LogP contribution in [-0.4, -0.2) is 33.4 Å². The van der Waals surface area contributed by atoms with Crippen molar-refractivity contribution < 1.29 is 13.9 Å². The number of allylic oxidation sites excluding steroid dienone is 1. The van der Waals surface area contributed by atoms with Gasteiger partial charge >= 0.3 is 0 Å². The van der Waals surface area contributed by atoms with Gasteiger partial charge in [-0.25, -0.2) is 0 Å². The molecule has 1 aromatic carbocycles. The summed E-state index contributed by atoms with van der Waals surface area (Å²) in [5.41, 5.74) is 1.52. The average molecular weight is 369 g/mol. The normalized spacial score (nSPS) is 10.7. The molecule has 0 N–H and O–H groups in total. The molecule has 3 aromatic rings. The van der Waals surface area contributed by atoms with Crippen LogP contribution < -0.4 is 4.74 Å². The minimum absolute atomic E-state index is 0.0202. The largest absolute Gasteiger partial charge is 0.497 e. The SMILES string of the molecule is C=CCn1c(SCC(=O)c2ccc(OC)cc2)nnc1-c1ccoc1C. The molecule has 0 atom stereocenters. The Hall–Kier alpha value is -2.80. The van der Waals surface area contributed by atoms with Crippen LogP contribution in [0, 0.1) is 6.92 Å². The number of ether oxygens (including phenoxy) is 1. The lowest BCUT2D eigenvalue weighted by Crippen LogP contribution is -2.05. The Morgan fingerprint density at radius 2 is 2.08 bits per heavy atom. The number of aryl methyl sites for hydroxylation is 1. The van der Waals surface area contributed by atoms with Crippen molar-refractivity contribution in [2.45, 2.75) is 18.6 Å². The Labute approximate surface area is 155 Å². The second-order valence-electron chi connectivity index (χ2n) is 5.54. The van der Waals surface area contributed by atoms with Crippen LogP contribution in [0.3, 0.4) is 0 Å². The molecule has 0 amide bonds. The van der Waals surface area contributed by atoms with E-state index in [1.165, 1.54) is 11.8 Å². The zero-order chi connectivity index (χ0) is 18.5. The first-order valence-corrected chi connectivity index (χ1v) is 9.01. The molecule has 0 unspecified atom stereocenters. The number of Topliss-reactive ketones (excluding diaryl/α,β-unsaturated/α-hetero) is 1. The Bertz CT molecular complexity index is 913. The van der Waals surface area contributed by atoms with Crippen molar-refractivity contribution in [2.24, 2.45) is 0 Å². The number of carbonyl (C=O) groups is 1. The number of thioether (sulfide) groups is 1. The summed E-state index contributed by atoms with van der Waals surface area (Å²) in [6.07, 6.45) is 3.40. The molecular formula is C19H19N3O3S. The molecule has 2 aromatic heterocycles. The maximum absolute atomic E-state index is 12.4. The molecule has 0 aliphatic rings. The van der Waals surface area contributed by atoms with Gasteiger partial charge in [-0.1, -0.05) is 17.8 Å². The monoisotopic (exact) mass is 369 g/mol. The number of hydrogen-bond donors (Lipinski definition) is 0. The van der Waals surface area contributed by atoms with Gasteiger partial charge in [-0.2, -0.15) is 0 Å². The van der Waals surface area contributed by atoms with E-state index < -0.39 is 0 Å². The molecule has 0 saturated heterocycles. The highest BCUT2D eigenvalue weighted by Crippen LogP contribution is 2.27. The molecule has 7 heteroatoms. The third kappa shape index (κ3) is 3.72. The maximum atomic E-state index is 12.4. The molecule has 0 fully saturated rings. The molecule has 3 rings (SSSR count). The van der Waals surface area contributed by atoms with Gasteiger partial charge in [-0.15, -0.1) is 16.8 Å². The third-order valence-electron chi connectivity index (χ3n) is 3.87. The van der Waals surface area contributed by atoms with E-state index in [0.717, 1.165) is 17.1 Å². The van der Waals surface area contributed by atoms with Crippen LogP contribution in [0.4, 0.5) is 0 Å². The first-order chi connectivity index (χ1) is 12.6. The summed E-state index contributed by atoms with van der Waals surface area (Å²) in [5, 5.41) is 9.18. The topological polar surface area (TPSA) is 70.2 Å². The number of nitrogens with zero attached hydrogens (tertiary/aromatic N) is 3. The fourth-order valence-corrected chi connectivity index (χ4v) is 3.34. The van der Waals surface area contributed by atoms with Crippen LogP contribution in [0.1, 0.15) is 16.1 Å². The highest BCUT2D eigenvalue weighted by Gasteiger charge is 2.18. The summed E-state index contributed by atoms with van der Waals surface area (Å²) in [6.45, 7) is 6.22. The van der Waals surface area contributed by atoms with Crippen LogP contribution in [0.15, 0.2) is 58.8 Å². The molecular weight excluding hydrogens is 350 g/mol. The Balaban J connectivity index is 1.77. The van der Waals surface area contributed by atoms with Gasteiger partial charge in [0.25, 0.3) is 0 Å². The van der Waals surface area contributed by atoms with Gasteiger partial charge in [0, 0.05) is 12.1 Å². The van der Waals surface area contributed by atoms with E-state index in [1.807, 2.05) is 17.6 Å². The maximum Gasteiger partial charge on any atom is 0.192 e. The lowest BCUT2D eigenvalue weighted by atomic mass is 10.1. The van der Waals surface area contributed by atoms with Crippen molar-refractivity contribution in [3.63, 3.8) is 0 Å². The molecule has 6 nitrogen and oxygen atoms in total. The zero-order valence-electron chi connectivity index (χ0n) is 14.6. The van der Waals surface area contributed by atoms with E-state index >= 15 is 0 Å². The van der Waals surface area contributed by atoms with Crippen molar-refractivity contribution in [2.75, 3.05) is 12.9 Å². The number of furan rings is 1. The van der Waals surface area contributed by atoms with E-state index in [2.05, 4.69) is 16.8 Å². The first kappa shape index (κ1) is 18.0. The summed E-state index contributed by atoms with van der Waals surface area (Å²) >= 11 is 1.35. The second-order valence-corrected chi connectivity index (χ2v) is 6.48. The summed E-state index contributed by atoms with van der Waals surface area (Å²) in [6, 6.07) is 8.93. The van der Waals surface area contributed by atoms with Crippen LogP contribution in [-0.2, 0) is 6.54 Å². The molecule has 0 saturated carbocycles. The van der Waals surface area contributed by atoms with Gasteiger partial charge in [0.15, 0.2) is 16.8 Å². The third-order valence-corrected chi connectivity index (χ3v) is 4.84. The minimum atomic E-state index is 0.0202. The van der Waals surface area contributed by atoms with Crippen molar-refractivity contribution in [3.05, 3.63) is 60.6 Å². The van der Waals surface area contributed by atoms with Crippen LogP contribution >= 0.6 is 11.8 Å². The highest BCUT2D eigenvalue weighted by atomic mass is 32.2. The molecule has 2 heterocycles. The van der Waals surface area contributed by atoms with Gasteiger partial charge < -0.3 is 9.15 Å². The van der Waals surface area contributed by atoms with Gasteiger partial charge in [-0.05, 0) is 37.3 Å². The lowest BCUT2D eigenvalue weighted by molar-refractivity contribution is 0.102. The van der Waals surface area contributed by atoms with E-state index in [-0.39, 0.29) is 11.5 Å². The molecule has 0 spiro atoms. The van der Waals surface area contributed by atoms with Gasteiger partial charge in [0.1, 0.15) is 11.5 Å². The van der Waals surface area contributed by atoms with Gasteiger partial charge in [0.2, 0.25) is 0 Å². The minimum Gasteiger partial charge on any atom is -0.497 e. The number of benzene rings is 1. The van der Waals surface area contributed by atoms with Crippen LogP contribution in [0.25, 0.3) is 11.4 Å². The molecule has 0 aliphatic carbocycles. The quantitative estimate of drug-likeness (QED) is 0.339. The van der Waals surface area contributed by atoms with E-state index in [4.69, 9.17) is 9.15 Å². The standard InChI is InChI=1S/C19H19N3O3S/c1-4-10-22-18(16-9-11-25-13(16)2)20-21-19(22)26-12-17(23)14-5-7-15(24-3)8-6-14/h4-9,11H,1,10,12H2,2-3H3. The number of methoxy groups -OCH3 is 1. The van der Waals surface area contributed by atoms with E-state index in [9.17, 15) is 4.79 Å². The lowest BCUT2D eigenvalue weighted by Gasteiger charge is -2.07. The number of carbonyl (C=O) groups excluding carboxylic acids is 1. The number of ketones is 1. The Kier molecular flexibility index (Phi) is 5.58. The van der Waals surface area contributed by atoms with E-state index in [1.54, 1.807) is 43.7 Å². The molecule has 0 aliphatic heterocycles. The number of aromatic nitrogens is 3. The molecule has 26 heavy (non-hydrogen) atoms. The van der Waals surface area contributed by atoms with Crippen molar-refractivity contribution in [3.8, 4) is 17.1 Å². The highest BCUT2D eigenvalue weighted by molar-refractivity contribution is 7.99. The van der Waals surface area contributed by atoms with Crippen molar-refractivity contribution in [1.82, 2.24) is 14.8 Å². The first-order valence-electron chi connectivity index (χ1n) is 8.02. The van der Waals surface area contributed by atoms with Gasteiger partial charge in [0.05, 0.1) is 24.7 Å². The van der Waals surface area contributed by atoms with Gasteiger partial charge in [-0.3, -0.25) is 9.36 Å². The fourth-order valence-electron chi connectivity index (χ4n) is 2.50. The predicted octanol–water partition coefficient (Wildman–Crippen LogP) is 4.02. The predicted molar refractivity (Wildman–Crippen MR) is 101 cm³/mol. The average Bonchev–Trinajstić information content (AvgIpc) is 3.26. The number of rotatable bonds is 8. The van der Waals surface area contributed by atoms with E-state index in [0.29, 0.717) is 23.1 Å². The summed E-state index contributed by atoms with van der Waals surface area (Å²) < 4.78 is 12.4. The van der Waals surface area contributed by atoms with Crippen LogP contribution in [0.5, 0.6) is 5.75 Å². The Morgan fingerprint density at radius 3 is 2.69 bits per heavy atom.